The quantitative estimate of drug-likeness (QED) is 0.868. The largest absolute Gasteiger partial charge is 0.333 e. The monoisotopic (exact) mass is 250 g/mol. The molecule has 0 radical (unpaired) electrons. The zero-order valence-corrected chi connectivity index (χ0v) is 11.4. The van der Waals surface area contributed by atoms with Crippen molar-refractivity contribution in [1.29, 1.82) is 0 Å². The smallest absolute Gasteiger partial charge is 0.272 e. The molecule has 2 rings (SSSR count). The van der Waals surface area contributed by atoms with E-state index in [0.717, 1.165) is 19.5 Å². The number of nitrogens with zero attached hydrogens (tertiary/aromatic N) is 3. The van der Waals surface area contributed by atoms with Crippen molar-refractivity contribution in [3.63, 3.8) is 0 Å². The number of hydrogen-bond donors (Lipinski definition) is 1. The van der Waals surface area contributed by atoms with E-state index in [0.29, 0.717) is 11.7 Å². The summed E-state index contributed by atoms with van der Waals surface area (Å²) in [4.78, 5) is 14.4. The average Bonchev–Trinajstić information content (AvgIpc) is 2.95. The van der Waals surface area contributed by atoms with Crippen LogP contribution in [0.3, 0.4) is 0 Å². The molecule has 0 spiro atoms. The van der Waals surface area contributed by atoms with Crippen LogP contribution < -0.4 is 5.32 Å². The number of nitrogens with one attached hydrogen (secondary N) is 1. The van der Waals surface area contributed by atoms with Gasteiger partial charge in [-0.3, -0.25) is 9.48 Å². The first-order valence-corrected chi connectivity index (χ1v) is 6.62. The molecule has 1 aromatic rings. The molecule has 0 aromatic carbocycles. The highest BCUT2D eigenvalue weighted by atomic mass is 16.2. The summed E-state index contributed by atoms with van der Waals surface area (Å²) < 4.78 is 1.64. The Morgan fingerprint density at radius 3 is 2.94 bits per heavy atom. The number of carbonyl (C=O) groups excluding carboxylic acids is 1. The third-order valence-corrected chi connectivity index (χ3v) is 3.50. The predicted octanol–water partition coefficient (Wildman–Crippen LogP) is 1.02. The minimum atomic E-state index is 0.0682. The molecule has 1 aromatic heterocycles. The Kier molecular flexibility index (Phi) is 4.01. The van der Waals surface area contributed by atoms with Crippen LogP contribution in [0.5, 0.6) is 0 Å². The lowest BCUT2D eigenvalue weighted by molar-refractivity contribution is 0.0678. The van der Waals surface area contributed by atoms with Gasteiger partial charge in [-0.15, -0.1) is 0 Å². The van der Waals surface area contributed by atoms with Crippen LogP contribution in [-0.2, 0) is 7.05 Å². The summed E-state index contributed by atoms with van der Waals surface area (Å²) in [6.45, 7) is 5.96. The molecule has 0 saturated carbocycles. The summed E-state index contributed by atoms with van der Waals surface area (Å²) in [7, 11) is 1.81. The lowest BCUT2D eigenvalue weighted by atomic mass is 10.1. The van der Waals surface area contributed by atoms with Crippen molar-refractivity contribution in [3.8, 4) is 0 Å². The third-order valence-electron chi connectivity index (χ3n) is 3.50. The van der Waals surface area contributed by atoms with E-state index in [1.807, 2.05) is 4.90 Å². The molecule has 1 fully saturated rings. The van der Waals surface area contributed by atoms with Crippen molar-refractivity contribution in [2.24, 2.45) is 7.05 Å². The second kappa shape index (κ2) is 5.52. The molecule has 1 N–H and O–H groups in total. The molecular formula is C13H22N4O. The SMILES string of the molecule is CC(C)N(CC1CCCN1)C(=O)c1ccnn1C. The summed E-state index contributed by atoms with van der Waals surface area (Å²) >= 11 is 0. The van der Waals surface area contributed by atoms with E-state index in [-0.39, 0.29) is 11.9 Å². The maximum atomic E-state index is 12.5. The maximum absolute atomic E-state index is 12.5. The van der Waals surface area contributed by atoms with Crippen molar-refractivity contribution in [1.82, 2.24) is 20.0 Å². The van der Waals surface area contributed by atoms with E-state index >= 15 is 0 Å². The van der Waals surface area contributed by atoms with Gasteiger partial charge < -0.3 is 10.2 Å². The zero-order valence-electron chi connectivity index (χ0n) is 11.4. The maximum Gasteiger partial charge on any atom is 0.272 e. The summed E-state index contributed by atoms with van der Waals surface area (Å²) in [5.41, 5.74) is 0.654. The molecule has 5 nitrogen and oxygen atoms in total. The molecule has 1 atom stereocenters. The van der Waals surface area contributed by atoms with Gasteiger partial charge in [-0.25, -0.2) is 0 Å². The number of aromatic nitrogens is 2. The molecule has 0 aliphatic carbocycles. The molecule has 1 aliphatic heterocycles. The molecule has 1 amide bonds. The third kappa shape index (κ3) is 2.72. The van der Waals surface area contributed by atoms with Crippen molar-refractivity contribution < 1.29 is 4.79 Å². The van der Waals surface area contributed by atoms with Crippen LogP contribution in [0.2, 0.25) is 0 Å². The van der Waals surface area contributed by atoms with Gasteiger partial charge in [0.15, 0.2) is 0 Å². The fraction of sp³-hybridized carbons (Fsp3) is 0.692. The number of hydrogen-bond acceptors (Lipinski definition) is 3. The van der Waals surface area contributed by atoms with Crippen LogP contribution in [0.4, 0.5) is 0 Å². The summed E-state index contributed by atoms with van der Waals surface area (Å²) in [6.07, 6.45) is 4.03. The van der Waals surface area contributed by atoms with Gasteiger partial charge >= 0.3 is 0 Å². The van der Waals surface area contributed by atoms with Crippen LogP contribution in [0.25, 0.3) is 0 Å². The molecule has 100 valence electrons. The Balaban J connectivity index is 2.09. The Morgan fingerprint density at radius 1 is 1.67 bits per heavy atom. The number of aryl methyl sites for hydroxylation is 1. The van der Waals surface area contributed by atoms with Crippen LogP contribution in [-0.4, -0.2) is 45.8 Å². The van der Waals surface area contributed by atoms with Crippen molar-refractivity contribution in [2.45, 2.75) is 38.8 Å². The molecule has 18 heavy (non-hydrogen) atoms. The van der Waals surface area contributed by atoms with Gasteiger partial charge in [0, 0.05) is 31.9 Å². The molecule has 2 heterocycles. The first kappa shape index (κ1) is 13.1. The Labute approximate surface area is 108 Å². The highest BCUT2D eigenvalue weighted by Crippen LogP contribution is 2.12. The summed E-state index contributed by atoms with van der Waals surface area (Å²) in [5.74, 6) is 0.0682. The fourth-order valence-corrected chi connectivity index (χ4v) is 2.41. The highest BCUT2D eigenvalue weighted by molar-refractivity contribution is 5.92. The first-order valence-electron chi connectivity index (χ1n) is 6.62. The van der Waals surface area contributed by atoms with E-state index in [9.17, 15) is 4.79 Å². The van der Waals surface area contributed by atoms with Crippen molar-refractivity contribution in [3.05, 3.63) is 18.0 Å². The highest BCUT2D eigenvalue weighted by Gasteiger charge is 2.25. The zero-order chi connectivity index (χ0) is 13.1. The Hall–Kier alpha value is -1.36. The van der Waals surface area contributed by atoms with Crippen molar-refractivity contribution >= 4 is 5.91 Å². The number of rotatable bonds is 4. The van der Waals surface area contributed by atoms with Gasteiger partial charge in [0.2, 0.25) is 0 Å². The topological polar surface area (TPSA) is 50.2 Å². The van der Waals surface area contributed by atoms with Crippen LogP contribution in [0, 0.1) is 0 Å². The second-order valence-electron chi connectivity index (χ2n) is 5.18. The Bertz CT molecular complexity index is 407. The molecule has 0 bridgehead atoms. The van der Waals surface area contributed by atoms with Crippen molar-refractivity contribution in [2.75, 3.05) is 13.1 Å². The van der Waals surface area contributed by atoms with E-state index < -0.39 is 0 Å². The second-order valence-corrected chi connectivity index (χ2v) is 5.18. The normalized spacial score (nSPS) is 19.4. The van der Waals surface area contributed by atoms with Crippen LogP contribution >= 0.6 is 0 Å². The van der Waals surface area contributed by atoms with Crippen LogP contribution in [0.1, 0.15) is 37.2 Å². The number of carbonyl (C=O) groups is 1. The molecule has 1 saturated heterocycles. The molecule has 1 aliphatic rings. The van der Waals surface area contributed by atoms with E-state index in [1.165, 1.54) is 6.42 Å². The van der Waals surface area contributed by atoms with E-state index in [4.69, 9.17) is 0 Å². The van der Waals surface area contributed by atoms with Crippen LogP contribution in [0.15, 0.2) is 12.3 Å². The lowest BCUT2D eigenvalue weighted by Gasteiger charge is -2.29. The van der Waals surface area contributed by atoms with Gasteiger partial charge in [0.25, 0.3) is 5.91 Å². The average molecular weight is 250 g/mol. The molecule has 5 heteroatoms. The minimum absolute atomic E-state index is 0.0682. The van der Waals surface area contributed by atoms with Gasteiger partial charge in [-0.1, -0.05) is 0 Å². The van der Waals surface area contributed by atoms with E-state index in [1.54, 1.807) is 24.0 Å². The predicted molar refractivity (Wildman–Crippen MR) is 70.4 cm³/mol. The summed E-state index contributed by atoms with van der Waals surface area (Å²) in [6, 6.07) is 2.42. The van der Waals surface area contributed by atoms with Gasteiger partial charge in [-0.2, -0.15) is 5.10 Å². The fourth-order valence-electron chi connectivity index (χ4n) is 2.41. The summed E-state index contributed by atoms with van der Waals surface area (Å²) in [5, 5.41) is 7.51. The van der Waals surface area contributed by atoms with Gasteiger partial charge in [0.05, 0.1) is 0 Å². The van der Waals surface area contributed by atoms with E-state index in [2.05, 4.69) is 24.3 Å². The van der Waals surface area contributed by atoms with Gasteiger partial charge in [-0.05, 0) is 39.3 Å². The molecular weight excluding hydrogens is 228 g/mol. The van der Waals surface area contributed by atoms with Gasteiger partial charge in [0.1, 0.15) is 5.69 Å². The first-order chi connectivity index (χ1) is 8.59. The molecule has 1 unspecified atom stereocenters. The minimum Gasteiger partial charge on any atom is -0.333 e. The Morgan fingerprint density at radius 2 is 2.44 bits per heavy atom. The lowest BCUT2D eigenvalue weighted by Crippen LogP contribution is -2.45. The number of amides is 1. The standard InChI is InChI=1S/C13H22N4O/c1-10(2)17(9-11-5-4-7-14-11)13(18)12-6-8-15-16(12)3/h6,8,10-11,14H,4-5,7,9H2,1-3H3.